The standard InChI is InChI=1S/C11H8ClN3O2/c12-9-3-1-8(2-4-9)10(16)11(14-17)15-6-5-13-7-15/h1-7,11H. The number of imidazole rings is 1. The van der Waals surface area contributed by atoms with Gasteiger partial charge in [-0.1, -0.05) is 11.6 Å². The van der Waals surface area contributed by atoms with Gasteiger partial charge in [0.2, 0.25) is 11.9 Å². The average Bonchev–Trinajstić information content (AvgIpc) is 2.84. The van der Waals surface area contributed by atoms with E-state index in [2.05, 4.69) is 10.2 Å². The second kappa shape index (κ2) is 4.88. The van der Waals surface area contributed by atoms with E-state index in [1.54, 1.807) is 24.3 Å². The predicted octanol–water partition coefficient (Wildman–Crippen LogP) is 2.68. The Hall–Kier alpha value is -2.01. The van der Waals surface area contributed by atoms with Crippen LogP contribution in [0.3, 0.4) is 0 Å². The number of carbonyl (C=O) groups excluding carboxylic acids is 1. The van der Waals surface area contributed by atoms with Crippen LogP contribution in [-0.2, 0) is 0 Å². The minimum atomic E-state index is -1.13. The highest BCUT2D eigenvalue weighted by Crippen LogP contribution is 2.17. The molecule has 5 nitrogen and oxygen atoms in total. The van der Waals surface area contributed by atoms with Crippen LogP contribution in [0.5, 0.6) is 0 Å². The number of halogens is 1. The van der Waals surface area contributed by atoms with Crippen LogP contribution in [0, 0.1) is 4.91 Å². The third kappa shape index (κ3) is 2.39. The molecule has 0 spiro atoms. The molecule has 0 saturated heterocycles. The first-order chi connectivity index (χ1) is 8.22. The normalized spacial score (nSPS) is 12.1. The van der Waals surface area contributed by atoms with Crippen LogP contribution >= 0.6 is 11.6 Å². The molecule has 17 heavy (non-hydrogen) atoms. The van der Waals surface area contributed by atoms with Crippen molar-refractivity contribution < 1.29 is 4.79 Å². The van der Waals surface area contributed by atoms with Crippen molar-refractivity contribution in [3.05, 3.63) is 58.5 Å². The summed E-state index contributed by atoms with van der Waals surface area (Å²) in [5, 5.41) is 3.35. The van der Waals surface area contributed by atoms with Gasteiger partial charge in [-0.15, -0.1) is 4.91 Å². The SMILES string of the molecule is O=NC(C(=O)c1ccc(Cl)cc1)n1ccnc1. The first kappa shape index (κ1) is 11.5. The molecule has 1 aromatic carbocycles. The molecule has 1 heterocycles. The highest BCUT2D eigenvalue weighted by atomic mass is 35.5. The molecule has 0 fully saturated rings. The van der Waals surface area contributed by atoms with E-state index < -0.39 is 11.9 Å². The number of hydrogen-bond donors (Lipinski definition) is 0. The number of nitroso groups, excluding NO2 is 1. The van der Waals surface area contributed by atoms with Crippen molar-refractivity contribution in [2.45, 2.75) is 6.17 Å². The van der Waals surface area contributed by atoms with E-state index >= 15 is 0 Å². The van der Waals surface area contributed by atoms with Gasteiger partial charge in [-0.3, -0.25) is 4.79 Å². The zero-order chi connectivity index (χ0) is 12.3. The molecule has 2 aromatic rings. The molecule has 86 valence electrons. The fourth-order valence-electron chi connectivity index (χ4n) is 1.42. The maximum Gasteiger partial charge on any atom is 0.231 e. The molecule has 0 aliphatic rings. The number of Topliss-reactive ketones (excluding diaryl/α,β-unsaturated/α-hetero) is 1. The molecule has 0 saturated carbocycles. The van der Waals surface area contributed by atoms with Crippen molar-refractivity contribution in [1.29, 1.82) is 0 Å². The number of benzene rings is 1. The summed E-state index contributed by atoms with van der Waals surface area (Å²) < 4.78 is 1.35. The number of rotatable bonds is 4. The van der Waals surface area contributed by atoms with Gasteiger partial charge < -0.3 is 4.57 Å². The van der Waals surface area contributed by atoms with Crippen LogP contribution in [-0.4, -0.2) is 15.3 Å². The fourth-order valence-corrected chi connectivity index (χ4v) is 1.54. The molecule has 1 aromatic heterocycles. The number of nitrogens with zero attached hydrogens (tertiary/aromatic N) is 3. The Bertz CT molecular complexity index is 522. The molecule has 0 aliphatic heterocycles. The molecular weight excluding hydrogens is 242 g/mol. The highest BCUT2D eigenvalue weighted by Gasteiger charge is 2.22. The van der Waals surface area contributed by atoms with E-state index in [-0.39, 0.29) is 0 Å². The molecule has 1 unspecified atom stereocenters. The van der Waals surface area contributed by atoms with Crippen LogP contribution in [0.2, 0.25) is 5.02 Å². The van der Waals surface area contributed by atoms with Crippen molar-refractivity contribution in [2.24, 2.45) is 5.18 Å². The summed E-state index contributed by atoms with van der Waals surface area (Å²) in [5.74, 6) is -0.394. The third-order valence-electron chi connectivity index (χ3n) is 2.27. The van der Waals surface area contributed by atoms with Gasteiger partial charge >= 0.3 is 0 Å². The maximum atomic E-state index is 12.0. The van der Waals surface area contributed by atoms with E-state index in [0.717, 1.165) is 0 Å². The lowest BCUT2D eigenvalue weighted by Crippen LogP contribution is -2.16. The Morgan fingerprint density at radius 3 is 2.59 bits per heavy atom. The Kier molecular flexibility index (Phi) is 3.30. The third-order valence-corrected chi connectivity index (χ3v) is 2.52. The fraction of sp³-hybridized carbons (Fsp3) is 0.0909. The topological polar surface area (TPSA) is 64.3 Å². The van der Waals surface area contributed by atoms with Gasteiger partial charge in [0.25, 0.3) is 0 Å². The molecule has 0 amide bonds. The summed E-state index contributed by atoms with van der Waals surface area (Å²) in [4.78, 5) is 26.5. The van der Waals surface area contributed by atoms with Crippen molar-refractivity contribution in [1.82, 2.24) is 9.55 Å². The van der Waals surface area contributed by atoms with Crippen molar-refractivity contribution >= 4 is 17.4 Å². The Labute approximate surface area is 102 Å². The van der Waals surface area contributed by atoms with Crippen molar-refractivity contribution in [3.63, 3.8) is 0 Å². The van der Waals surface area contributed by atoms with Gasteiger partial charge in [0.05, 0.1) is 6.33 Å². The second-order valence-corrected chi connectivity index (χ2v) is 3.80. The first-order valence-electron chi connectivity index (χ1n) is 4.82. The Morgan fingerprint density at radius 2 is 2.06 bits per heavy atom. The summed E-state index contributed by atoms with van der Waals surface area (Å²) in [6.07, 6.45) is 3.24. The van der Waals surface area contributed by atoms with E-state index in [4.69, 9.17) is 11.6 Å². The molecule has 0 radical (unpaired) electrons. The molecule has 0 aliphatic carbocycles. The molecule has 2 rings (SSSR count). The molecule has 0 N–H and O–H groups in total. The number of ketones is 1. The van der Waals surface area contributed by atoms with E-state index in [0.29, 0.717) is 10.6 Å². The van der Waals surface area contributed by atoms with Crippen LogP contribution in [0.15, 0.2) is 48.2 Å². The van der Waals surface area contributed by atoms with Crippen LogP contribution in [0.25, 0.3) is 0 Å². The number of hydrogen-bond acceptors (Lipinski definition) is 4. The summed E-state index contributed by atoms with van der Waals surface area (Å²) >= 11 is 5.72. The molecule has 6 heteroatoms. The second-order valence-electron chi connectivity index (χ2n) is 3.36. The Morgan fingerprint density at radius 1 is 1.35 bits per heavy atom. The molecule has 1 atom stereocenters. The lowest BCUT2D eigenvalue weighted by Gasteiger charge is -2.09. The van der Waals surface area contributed by atoms with Crippen LogP contribution in [0.4, 0.5) is 0 Å². The zero-order valence-corrected chi connectivity index (χ0v) is 9.41. The summed E-state index contributed by atoms with van der Waals surface area (Å²) in [6.45, 7) is 0. The van der Waals surface area contributed by atoms with Gasteiger partial charge in [0, 0.05) is 23.0 Å². The lowest BCUT2D eigenvalue weighted by molar-refractivity contribution is 0.0928. The maximum absolute atomic E-state index is 12.0. The first-order valence-corrected chi connectivity index (χ1v) is 5.20. The van der Waals surface area contributed by atoms with Crippen molar-refractivity contribution in [2.75, 3.05) is 0 Å². The summed E-state index contributed by atoms with van der Waals surface area (Å²) in [7, 11) is 0. The smallest absolute Gasteiger partial charge is 0.231 e. The molecule has 0 bridgehead atoms. The van der Waals surface area contributed by atoms with Crippen LogP contribution < -0.4 is 0 Å². The average molecular weight is 250 g/mol. The zero-order valence-electron chi connectivity index (χ0n) is 8.65. The lowest BCUT2D eigenvalue weighted by atomic mass is 10.1. The van der Waals surface area contributed by atoms with Gasteiger partial charge in [0.1, 0.15) is 0 Å². The molecular formula is C11H8ClN3O2. The van der Waals surface area contributed by atoms with Crippen LogP contribution in [0.1, 0.15) is 16.5 Å². The minimum absolute atomic E-state index is 0.382. The van der Waals surface area contributed by atoms with E-state index in [1.807, 2.05) is 0 Å². The van der Waals surface area contributed by atoms with Gasteiger partial charge in [-0.25, -0.2) is 4.98 Å². The van der Waals surface area contributed by atoms with Gasteiger partial charge in [-0.2, -0.15) is 0 Å². The quantitative estimate of drug-likeness (QED) is 0.618. The summed E-state index contributed by atoms with van der Waals surface area (Å²) in [6, 6.07) is 6.29. The Balaban J connectivity index is 2.30. The van der Waals surface area contributed by atoms with E-state index in [9.17, 15) is 9.70 Å². The summed E-state index contributed by atoms with van der Waals surface area (Å²) in [5.41, 5.74) is 0.382. The number of aromatic nitrogens is 2. The largest absolute Gasteiger partial charge is 0.305 e. The number of carbonyl (C=O) groups is 1. The predicted molar refractivity (Wildman–Crippen MR) is 62.8 cm³/mol. The van der Waals surface area contributed by atoms with Gasteiger partial charge in [0.15, 0.2) is 0 Å². The van der Waals surface area contributed by atoms with E-state index in [1.165, 1.54) is 23.3 Å². The monoisotopic (exact) mass is 249 g/mol. The van der Waals surface area contributed by atoms with Gasteiger partial charge in [-0.05, 0) is 29.4 Å². The minimum Gasteiger partial charge on any atom is -0.305 e. The highest BCUT2D eigenvalue weighted by molar-refractivity contribution is 6.30. The van der Waals surface area contributed by atoms with Crippen molar-refractivity contribution in [3.8, 4) is 0 Å².